The van der Waals surface area contributed by atoms with Gasteiger partial charge >= 0.3 is 5.97 Å². The van der Waals surface area contributed by atoms with Gasteiger partial charge in [0, 0.05) is 18.1 Å². The van der Waals surface area contributed by atoms with Gasteiger partial charge < -0.3 is 9.84 Å². The quantitative estimate of drug-likeness (QED) is 0.611. The molecule has 0 aliphatic rings. The van der Waals surface area contributed by atoms with Crippen molar-refractivity contribution in [1.82, 2.24) is 4.98 Å². The van der Waals surface area contributed by atoms with E-state index in [1.165, 1.54) is 16.7 Å². The van der Waals surface area contributed by atoms with Crippen LogP contribution in [0.25, 0.3) is 11.3 Å². The summed E-state index contributed by atoms with van der Waals surface area (Å²) < 4.78 is 5.89. The highest BCUT2D eigenvalue weighted by molar-refractivity contribution is 5.68. The standard InChI is InChI=1S/C24H25NO3/c1-16-13-17(2)24(18(3)14-16)21-5-4-6-22(25-21)28-15-20-9-7-19(8-10-20)11-12-23(26)27/h4-10,13-14H,11-12,15H2,1-3H3,(H,26,27). The Hall–Kier alpha value is -3.14. The molecule has 0 radical (unpaired) electrons. The Morgan fingerprint density at radius 1 is 0.964 bits per heavy atom. The van der Waals surface area contributed by atoms with Crippen LogP contribution in [-0.4, -0.2) is 16.1 Å². The van der Waals surface area contributed by atoms with Gasteiger partial charge in [-0.15, -0.1) is 0 Å². The number of hydrogen-bond donors (Lipinski definition) is 1. The summed E-state index contributed by atoms with van der Waals surface area (Å²) in [7, 11) is 0. The molecule has 0 fully saturated rings. The molecule has 0 saturated carbocycles. The van der Waals surface area contributed by atoms with E-state index in [-0.39, 0.29) is 6.42 Å². The lowest BCUT2D eigenvalue weighted by molar-refractivity contribution is -0.136. The molecule has 0 aliphatic carbocycles. The normalized spacial score (nSPS) is 10.7. The van der Waals surface area contributed by atoms with Crippen molar-refractivity contribution in [3.05, 3.63) is 82.4 Å². The van der Waals surface area contributed by atoms with Crippen molar-refractivity contribution in [1.29, 1.82) is 0 Å². The summed E-state index contributed by atoms with van der Waals surface area (Å²) >= 11 is 0. The zero-order valence-corrected chi connectivity index (χ0v) is 16.5. The zero-order valence-electron chi connectivity index (χ0n) is 16.5. The second-order valence-electron chi connectivity index (χ2n) is 7.13. The predicted octanol–water partition coefficient (Wildman–Crippen LogP) is 5.27. The van der Waals surface area contributed by atoms with Crippen LogP contribution in [0.15, 0.2) is 54.6 Å². The Morgan fingerprint density at radius 3 is 2.25 bits per heavy atom. The van der Waals surface area contributed by atoms with E-state index in [1.807, 2.05) is 42.5 Å². The molecule has 0 saturated heterocycles. The van der Waals surface area contributed by atoms with Gasteiger partial charge in [-0.1, -0.05) is 48.0 Å². The number of hydrogen-bond acceptors (Lipinski definition) is 3. The average molecular weight is 375 g/mol. The van der Waals surface area contributed by atoms with E-state index in [9.17, 15) is 4.79 Å². The molecule has 0 aliphatic heterocycles. The number of aromatic nitrogens is 1. The van der Waals surface area contributed by atoms with Crippen molar-refractivity contribution in [2.45, 2.75) is 40.2 Å². The minimum absolute atomic E-state index is 0.143. The highest BCUT2D eigenvalue weighted by Gasteiger charge is 2.09. The van der Waals surface area contributed by atoms with Crippen molar-refractivity contribution in [2.24, 2.45) is 0 Å². The number of carboxylic acid groups (broad SMARTS) is 1. The fourth-order valence-corrected chi connectivity index (χ4v) is 3.43. The Labute approximate surface area is 165 Å². The van der Waals surface area contributed by atoms with Gasteiger partial charge in [-0.25, -0.2) is 4.98 Å². The van der Waals surface area contributed by atoms with E-state index < -0.39 is 5.97 Å². The number of rotatable bonds is 7. The third kappa shape index (κ3) is 4.97. The predicted molar refractivity (Wildman–Crippen MR) is 111 cm³/mol. The van der Waals surface area contributed by atoms with Crippen molar-refractivity contribution in [3.63, 3.8) is 0 Å². The molecular formula is C24H25NO3. The number of aryl methyl sites for hydroxylation is 4. The van der Waals surface area contributed by atoms with Crippen LogP contribution in [0.4, 0.5) is 0 Å². The summed E-state index contributed by atoms with van der Waals surface area (Å²) in [5.41, 5.74) is 7.76. The van der Waals surface area contributed by atoms with Crippen molar-refractivity contribution >= 4 is 5.97 Å². The second kappa shape index (κ2) is 8.70. The maximum Gasteiger partial charge on any atom is 0.303 e. The molecule has 1 heterocycles. The average Bonchev–Trinajstić information content (AvgIpc) is 2.65. The molecule has 0 amide bonds. The van der Waals surface area contributed by atoms with Gasteiger partial charge in [-0.3, -0.25) is 4.79 Å². The Bertz CT molecular complexity index is 954. The number of carboxylic acids is 1. The van der Waals surface area contributed by atoms with Crippen LogP contribution in [0, 0.1) is 20.8 Å². The number of benzene rings is 2. The van der Waals surface area contributed by atoms with Crippen molar-refractivity contribution < 1.29 is 14.6 Å². The first-order valence-electron chi connectivity index (χ1n) is 9.40. The third-order valence-electron chi connectivity index (χ3n) is 4.69. The minimum Gasteiger partial charge on any atom is -0.481 e. The second-order valence-corrected chi connectivity index (χ2v) is 7.13. The van der Waals surface area contributed by atoms with Gasteiger partial charge in [0.25, 0.3) is 0 Å². The molecule has 2 aromatic carbocycles. The van der Waals surface area contributed by atoms with Crippen LogP contribution in [0.3, 0.4) is 0 Å². The molecule has 0 spiro atoms. The van der Waals surface area contributed by atoms with Gasteiger partial charge in [-0.2, -0.15) is 0 Å². The molecular weight excluding hydrogens is 350 g/mol. The molecule has 3 rings (SSSR count). The third-order valence-corrected chi connectivity index (χ3v) is 4.69. The first-order valence-corrected chi connectivity index (χ1v) is 9.40. The highest BCUT2D eigenvalue weighted by atomic mass is 16.5. The fourth-order valence-electron chi connectivity index (χ4n) is 3.43. The number of ether oxygens (including phenoxy) is 1. The lowest BCUT2D eigenvalue weighted by Crippen LogP contribution is -2.00. The molecule has 144 valence electrons. The molecule has 4 nitrogen and oxygen atoms in total. The van der Waals surface area contributed by atoms with Gasteiger partial charge in [0.2, 0.25) is 5.88 Å². The zero-order chi connectivity index (χ0) is 20.1. The smallest absolute Gasteiger partial charge is 0.303 e. The van der Waals surface area contributed by atoms with Gasteiger partial charge in [-0.05, 0) is 55.5 Å². The summed E-state index contributed by atoms with van der Waals surface area (Å²) in [5, 5.41) is 8.77. The Balaban J connectivity index is 1.69. The van der Waals surface area contributed by atoms with Crippen LogP contribution < -0.4 is 4.74 Å². The van der Waals surface area contributed by atoms with E-state index in [0.717, 1.165) is 22.4 Å². The molecule has 4 heteroatoms. The van der Waals surface area contributed by atoms with Crippen LogP contribution >= 0.6 is 0 Å². The van der Waals surface area contributed by atoms with Gasteiger partial charge in [0.15, 0.2) is 0 Å². The summed E-state index contributed by atoms with van der Waals surface area (Å²) in [4.78, 5) is 15.3. The maximum absolute atomic E-state index is 10.7. The monoisotopic (exact) mass is 375 g/mol. The lowest BCUT2D eigenvalue weighted by atomic mass is 9.97. The summed E-state index contributed by atoms with van der Waals surface area (Å²) in [6.07, 6.45) is 0.680. The van der Waals surface area contributed by atoms with E-state index >= 15 is 0 Å². The molecule has 28 heavy (non-hydrogen) atoms. The number of carbonyl (C=O) groups is 1. The summed E-state index contributed by atoms with van der Waals surface area (Å²) in [6.45, 7) is 6.73. The first kappa shape index (κ1) is 19.6. The Morgan fingerprint density at radius 2 is 1.61 bits per heavy atom. The number of aliphatic carboxylic acids is 1. The first-order chi connectivity index (χ1) is 13.4. The van der Waals surface area contributed by atoms with Crippen LogP contribution in [-0.2, 0) is 17.8 Å². The molecule has 0 bridgehead atoms. The highest BCUT2D eigenvalue weighted by Crippen LogP contribution is 2.28. The number of pyridine rings is 1. The summed E-state index contributed by atoms with van der Waals surface area (Å²) in [6, 6.07) is 18.0. The molecule has 3 aromatic rings. The largest absolute Gasteiger partial charge is 0.481 e. The SMILES string of the molecule is Cc1cc(C)c(-c2cccc(OCc3ccc(CCC(=O)O)cc3)n2)c(C)c1. The van der Waals surface area contributed by atoms with Gasteiger partial charge in [0.05, 0.1) is 5.69 Å². The van der Waals surface area contributed by atoms with E-state index in [0.29, 0.717) is 18.9 Å². The van der Waals surface area contributed by atoms with Crippen LogP contribution in [0.5, 0.6) is 5.88 Å². The molecule has 0 atom stereocenters. The minimum atomic E-state index is -0.780. The van der Waals surface area contributed by atoms with Gasteiger partial charge in [0.1, 0.15) is 6.61 Å². The van der Waals surface area contributed by atoms with E-state index in [4.69, 9.17) is 9.84 Å². The lowest BCUT2D eigenvalue weighted by Gasteiger charge is -2.12. The maximum atomic E-state index is 10.7. The molecule has 1 N–H and O–H groups in total. The van der Waals surface area contributed by atoms with E-state index in [1.54, 1.807) is 0 Å². The number of nitrogens with zero attached hydrogens (tertiary/aromatic N) is 1. The van der Waals surface area contributed by atoms with E-state index in [2.05, 4.69) is 37.9 Å². The van der Waals surface area contributed by atoms with Crippen LogP contribution in [0.2, 0.25) is 0 Å². The topological polar surface area (TPSA) is 59.4 Å². The van der Waals surface area contributed by atoms with Crippen molar-refractivity contribution in [2.75, 3.05) is 0 Å². The van der Waals surface area contributed by atoms with Crippen molar-refractivity contribution in [3.8, 4) is 17.1 Å². The molecule has 0 unspecified atom stereocenters. The molecule has 1 aromatic heterocycles. The summed E-state index contributed by atoms with van der Waals surface area (Å²) in [5.74, 6) is -0.191. The fraction of sp³-hybridized carbons (Fsp3) is 0.250. The Kier molecular flexibility index (Phi) is 6.09. The van der Waals surface area contributed by atoms with Crippen LogP contribution in [0.1, 0.15) is 34.2 Å².